The van der Waals surface area contributed by atoms with Gasteiger partial charge in [0.2, 0.25) is 0 Å². The maximum atomic E-state index is 5.67. The normalized spacial score (nSPS) is 15.2. The Morgan fingerprint density at radius 3 is 2.00 bits per heavy atom. The molecule has 0 bridgehead atoms. The average Bonchev–Trinajstić information content (AvgIpc) is 2.30. The van der Waals surface area contributed by atoms with E-state index in [1.165, 1.54) is 6.42 Å². The molecule has 0 saturated carbocycles. The molecule has 2 atom stereocenters. The predicted octanol–water partition coefficient (Wildman–Crippen LogP) is 2.70. The van der Waals surface area contributed by atoms with Gasteiger partial charge in [0.05, 0.1) is 19.8 Å². The van der Waals surface area contributed by atoms with Gasteiger partial charge in [0.25, 0.3) is 0 Å². The van der Waals surface area contributed by atoms with Crippen molar-refractivity contribution >= 4 is 0 Å². The summed E-state index contributed by atoms with van der Waals surface area (Å²) in [5.41, 5.74) is 0. The van der Waals surface area contributed by atoms with E-state index in [2.05, 4.69) is 39.9 Å². The highest BCUT2D eigenvalue weighted by Gasteiger charge is 2.14. The van der Waals surface area contributed by atoms with Gasteiger partial charge in [0, 0.05) is 12.6 Å². The smallest absolute Gasteiger partial charge is 0.0701 e. The van der Waals surface area contributed by atoms with Crippen molar-refractivity contribution in [2.24, 2.45) is 11.8 Å². The van der Waals surface area contributed by atoms with Crippen molar-refractivity contribution in [1.29, 1.82) is 0 Å². The lowest BCUT2D eigenvalue weighted by Crippen LogP contribution is -2.39. The van der Waals surface area contributed by atoms with Crippen LogP contribution in [-0.4, -0.2) is 39.0 Å². The second-order valence-electron chi connectivity index (χ2n) is 5.09. The molecule has 0 aromatic rings. The van der Waals surface area contributed by atoms with Crippen molar-refractivity contribution in [2.75, 3.05) is 33.0 Å². The predicted molar refractivity (Wildman–Crippen MR) is 73.4 cm³/mol. The number of likely N-dealkylation sites (N-methyl/N-ethyl adjacent to an activating group) is 1. The molecule has 1 N–H and O–H groups in total. The molecule has 0 aliphatic carbocycles. The molecule has 0 aromatic heterocycles. The molecule has 3 heteroatoms. The Hall–Kier alpha value is -0.120. The Kier molecular flexibility index (Phi) is 10.9. The van der Waals surface area contributed by atoms with E-state index in [0.29, 0.717) is 31.1 Å². The standard InChI is InChI=1S/C14H31NO2/c1-6-13(5)14(15-7-2)11-17-9-8-16-10-12(3)4/h12-15H,6-11H2,1-5H3. The summed E-state index contributed by atoms with van der Waals surface area (Å²) in [5, 5.41) is 3.48. The monoisotopic (exact) mass is 245 g/mol. The zero-order valence-corrected chi connectivity index (χ0v) is 12.3. The van der Waals surface area contributed by atoms with Crippen LogP contribution in [0.5, 0.6) is 0 Å². The van der Waals surface area contributed by atoms with Gasteiger partial charge in [-0.2, -0.15) is 0 Å². The van der Waals surface area contributed by atoms with Crippen LogP contribution >= 0.6 is 0 Å². The third-order valence-corrected chi connectivity index (χ3v) is 2.92. The highest BCUT2D eigenvalue weighted by Crippen LogP contribution is 2.07. The molecule has 0 aliphatic rings. The number of rotatable bonds is 11. The number of hydrogen-bond acceptors (Lipinski definition) is 3. The maximum Gasteiger partial charge on any atom is 0.0701 e. The third kappa shape index (κ3) is 9.57. The zero-order valence-electron chi connectivity index (χ0n) is 12.3. The highest BCUT2D eigenvalue weighted by molar-refractivity contribution is 4.71. The minimum absolute atomic E-state index is 0.468. The van der Waals surface area contributed by atoms with Crippen LogP contribution in [0.15, 0.2) is 0 Å². The van der Waals surface area contributed by atoms with Gasteiger partial charge in [-0.3, -0.25) is 0 Å². The molecule has 0 fully saturated rings. The number of nitrogens with one attached hydrogen (secondary N) is 1. The summed E-state index contributed by atoms with van der Waals surface area (Å²) in [7, 11) is 0. The Bertz CT molecular complexity index is 162. The molecule has 0 aromatic carbocycles. The maximum absolute atomic E-state index is 5.67. The Balaban J connectivity index is 3.54. The SMILES string of the molecule is CCNC(COCCOCC(C)C)C(C)CC. The Labute approximate surface area is 107 Å². The lowest BCUT2D eigenvalue weighted by Gasteiger charge is -2.23. The third-order valence-electron chi connectivity index (χ3n) is 2.92. The summed E-state index contributed by atoms with van der Waals surface area (Å²) in [6.07, 6.45) is 1.19. The van der Waals surface area contributed by atoms with Crippen LogP contribution in [0.2, 0.25) is 0 Å². The van der Waals surface area contributed by atoms with Gasteiger partial charge >= 0.3 is 0 Å². The molecule has 0 saturated heterocycles. The van der Waals surface area contributed by atoms with Crippen molar-refractivity contribution in [2.45, 2.75) is 47.1 Å². The molecule has 0 radical (unpaired) electrons. The van der Waals surface area contributed by atoms with Crippen LogP contribution in [0.4, 0.5) is 0 Å². The first-order valence-corrected chi connectivity index (χ1v) is 7.00. The fourth-order valence-corrected chi connectivity index (χ4v) is 1.62. The van der Waals surface area contributed by atoms with Crippen LogP contribution < -0.4 is 5.32 Å². The molecular weight excluding hydrogens is 214 g/mol. The van der Waals surface area contributed by atoms with Gasteiger partial charge in [-0.05, 0) is 18.4 Å². The van der Waals surface area contributed by atoms with Gasteiger partial charge in [-0.25, -0.2) is 0 Å². The van der Waals surface area contributed by atoms with Gasteiger partial charge in [0.1, 0.15) is 0 Å². The highest BCUT2D eigenvalue weighted by atomic mass is 16.5. The van der Waals surface area contributed by atoms with Crippen molar-refractivity contribution < 1.29 is 9.47 Å². The lowest BCUT2D eigenvalue weighted by molar-refractivity contribution is 0.0252. The topological polar surface area (TPSA) is 30.5 Å². The van der Waals surface area contributed by atoms with Gasteiger partial charge < -0.3 is 14.8 Å². The van der Waals surface area contributed by atoms with Gasteiger partial charge in [-0.1, -0.05) is 41.0 Å². The average molecular weight is 245 g/mol. The van der Waals surface area contributed by atoms with Crippen molar-refractivity contribution in [1.82, 2.24) is 5.32 Å². The van der Waals surface area contributed by atoms with E-state index < -0.39 is 0 Å². The Morgan fingerprint density at radius 1 is 0.941 bits per heavy atom. The van der Waals surface area contributed by atoms with Crippen LogP contribution in [0.1, 0.15) is 41.0 Å². The minimum Gasteiger partial charge on any atom is -0.379 e. The Morgan fingerprint density at radius 2 is 1.53 bits per heavy atom. The van der Waals surface area contributed by atoms with Crippen LogP contribution in [0, 0.1) is 11.8 Å². The molecule has 0 spiro atoms. The van der Waals surface area contributed by atoms with E-state index >= 15 is 0 Å². The molecule has 17 heavy (non-hydrogen) atoms. The van der Waals surface area contributed by atoms with Gasteiger partial charge in [-0.15, -0.1) is 0 Å². The fourth-order valence-electron chi connectivity index (χ4n) is 1.62. The van der Waals surface area contributed by atoms with Crippen molar-refractivity contribution in [3.05, 3.63) is 0 Å². The molecule has 0 amide bonds. The molecule has 104 valence electrons. The first-order chi connectivity index (χ1) is 8.11. The van der Waals surface area contributed by atoms with E-state index in [1.54, 1.807) is 0 Å². The van der Waals surface area contributed by atoms with Crippen LogP contribution in [0.25, 0.3) is 0 Å². The van der Waals surface area contributed by atoms with Gasteiger partial charge in [0.15, 0.2) is 0 Å². The zero-order chi connectivity index (χ0) is 13.1. The fraction of sp³-hybridized carbons (Fsp3) is 1.00. The summed E-state index contributed by atoms with van der Waals surface area (Å²) in [6.45, 7) is 15.0. The van der Waals surface area contributed by atoms with E-state index in [-0.39, 0.29) is 0 Å². The second-order valence-corrected chi connectivity index (χ2v) is 5.09. The second kappa shape index (κ2) is 11.0. The van der Waals surface area contributed by atoms with E-state index in [9.17, 15) is 0 Å². The molecule has 0 aliphatic heterocycles. The lowest BCUT2D eigenvalue weighted by atomic mass is 10.00. The van der Waals surface area contributed by atoms with Crippen LogP contribution in [0.3, 0.4) is 0 Å². The minimum atomic E-state index is 0.468. The summed E-state index contributed by atoms with van der Waals surface area (Å²) >= 11 is 0. The summed E-state index contributed by atoms with van der Waals surface area (Å²) < 4.78 is 11.1. The summed E-state index contributed by atoms with van der Waals surface area (Å²) in [5.74, 6) is 1.26. The molecule has 2 unspecified atom stereocenters. The molecular formula is C14H31NO2. The number of ether oxygens (including phenoxy) is 2. The first kappa shape index (κ1) is 16.9. The van der Waals surface area contributed by atoms with E-state index in [0.717, 1.165) is 19.8 Å². The molecule has 3 nitrogen and oxygen atoms in total. The largest absolute Gasteiger partial charge is 0.379 e. The van der Waals surface area contributed by atoms with E-state index in [4.69, 9.17) is 9.47 Å². The quantitative estimate of drug-likeness (QED) is 0.568. The van der Waals surface area contributed by atoms with Crippen molar-refractivity contribution in [3.63, 3.8) is 0 Å². The van der Waals surface area contributed by atoms with Crippen molar-refractivity contribution in [3.8, 4) is 0 Å². The first-order valence-electron chi connectivity index (χ1n) is 7.00. The molecule has 0 heterocycles. The summed E-state index contributed by atoms with van der Waals surface area (Å²) in [4.78, 5) is 0. The van der Waals surface area contributed by atoms with Crippen LogP contribution in [-0.2, 0) is 9.47 Å². The molecule has 0 rings (SSSR count). The van der Waals surface area contributed by atoms with E-state index in [1.807, 2.05) is 0 Å². The summed E-state index contributed by atoms with van der Waals surface area (Å²) in [6, 6.07) is 0.468. The number of hydrogen-bond donors (Lipinski definition) is 1.